The number of hydrogen-bond acceptors (Lipinski definition) is 4. The number of anilines is 1. The average Bonchev–Trinajstić information content (AvgIpc) is 2.88. The highest BCUT2D eigenvalue weighted by atomic mass is 35.5. The minimum absolute atomic E-state index is 0.130. The number of benzene rings is 1. The third-order valence-corrected chi connectivity index (χ3v) is 5.14. The van der Waals surface area contributed by atoms with E-state index in [1.54, 1.807) is 19.9 Å². The number of rotatable bonds is 6. The Balaban J connectivity index is 2.27. The van der Waals surface area contributed by atoms with Gasteiger partial charge in [-0.25, -0.2) is 9.18 Å². The van der Waals surface area contributed by atoms with Crippen LogP contribution in [0.4, 0.5) is 9.39 Å². The van der Waals surface area contributed by atoms with E-state index in [2.05, 4.69) is 5.32 Å². The zero-order valence-electron chi connectivity index (χ0n) is 15.6. The van der Waals surface area contributed by atoms with E-state index in [0.29, 0.717) is 17.0 Å². The van der Waals surface area contributed by atoms with Crippen LogP contribution in [-0.4, -0.2) is 18.0 Å². The molecule has 1 heterocycles. The van der Waals surface area contributed by atoms with Gasteiger partial charge in [-0.2, -0.15) is 0 Å². The zero-order chi connectivity index (χ0) is 20.1. The predicted molar refractivity (Wildman–Crippen MR) is 108 cm³/mol. The van der Waals surface area contributed by atoms with Gasteiger partial charge < -0.3 is 10.1 Å². The second-order valence-electron chi connectivity index (χ2n) is 6.11. The molecule has 1 N–H and O–H groups in total. The first kappa shape index (κ1) is 21.1. The summed E-state index contributed by atoms with van der Waals surface area (Å²) in [6.45, 7) is 7.36. The highest BCUT2D eigenvalue weighted by Crippen LogP contribution is 2.34. The van der Waals surface area contributed by atoms with Crippen molar-refractivity contribution in [1.82, 2.24) is 0 Å². The quantitative estimate of drug-likeness (QED) is 0.497. The first-order valence-corrected chi connectivity index (χ1v) is 9.70. The molecule has 0 unspecified atom stereocenters. The first-order chi connectivity index (χ1) is 12.7. The van der Waals surface area contributed by atoms with Crippen molar-refractivity contribution < 1.29 is 18.7 Å². The smallest absolute Gasteiger partial charge is 0.341 e. The monoisotopic (exact) mass is 409 g/mol. The molecule has 0 saturated carbocycles. The van der Waals surface area contributed by atoms with Crippen molar-refractivity contribution in [2.75, 3.05) is 5.32 Å². The van der Waals surface area contributed by atoms with Crippen molar-refractivity contribution in [2.24, 2.45) is 0 Å². The number of halogens is 2. The molecule has 1 aromatic carbocycles. The summed E-state index contributed by atoms with van der Waals surface area (Å²) in [5, 5.41) is 3.33. The van der Waals surface area contributed by atoms with Crippen molar-refractivity contribution in [2.45, 2.75) is 40.2 Å². The second-order valence-corrected chi connectivity index (χ2v) is 7.74. The van der Waals surface area contributed by atoms with E-state index in [1.807, 2.05) is 13.8 Å². The van der Waals surface area contributed by atoms with Crippen LogP contribution in [0, 0.1) is 12.7 Å². The fraction of sp³-hybridized carbons (Fsp3) is 0.300. The Morgan fingerprint density at radius 2 is 2.07 bits per heavy atom. The molecule has 4 nitrogen and oxygen atoms in total. The van der Waals surface area contributed by atoms with Gasteiger partial charge in [-0.3, -0.25) is 4.79 Å². The summed E-state index contributed by atoms with van der Waals surface area (Å²) in [4.78, 5) is 25.7. The third-order valence-electron chi connectivity index (χ3n) is 3.75. The molecule has 0 radical (unpaired) electrons. The summed E-state index contributed by atoms with van der Waals surface area (Å²) in [6, 6.07) is 4.29. The van der Waals surface area contributed by atoms with Crippen LogP contribution in [0.25, 0.3) is 6.08 Å². The number of aryl methyl sites for hydroxylation is 1. The van der Waals surface area contributed by atoms with E-state index in [0.717, 1.165) is 10.4 Å². The highest BCUT2D eigenvalue weighted by molar-refractivity contribution is 7.16. The lowest BCUT2D eigenvalue weighted by Crippen LogP contribution is -2.16. The molecular formula is C20H21ClFNO3S. The van der Waals surface area contributed by atoms with Crippen LogP contribution in [0.2, 0.25) is 5.02 Å². The maximum absolute atomic E-state index is 13.8. The fourth-order valence-corrected chi connectivity index (χ4v) is 3.93. The second kappa shape index (κ2) is 9.15. The predicted octanol–water partition coefficient (Wildman–Crippen LogP) is 5.63. The standard InChI is InChI=1S/C20H21ClFNO3S/c1-5-13-12(4)27-19(18(13)20(25)26-11(2)3)23-17(24)10-9-14-15(21)7-6-8-16(14)22/h6-11H,5H2,1-4H3,(H,23,24). The van der Waals surface area contributed by atoms with Gasteiger partial charge in [-0.05, 0) is 51.0 Å². The molecule has 0 spiro atoms. The maximum atomic E-state index is 13.8. The first-order valence-electron chi connectivity index (χ1n) is 8.50. The number of thiophene rings is 1. The Labute approximate surface area is 167 Å². The number of carbonyl (C=O) groups excluding carboxylic acids is 2. The summed E-state index contributed by atoms with van der Waals surface area (Å²) in [6.07, 6.45) is 2.86. The Morgan fingerprint density at radius 1 is 1.37 bits per heavy atom. The number of carbonyl (C=O) groups is 2. The Morgan fingerprint density at radius 3 is 2.67 bits per heavy atom. The maximum Gasteiger partial charge on any atom is 0.341 e. The molecule has 144 valence electrons. The number of nitrogens with one attached hydrogen (secondary N) is 1. The van der Waals surface area contributed by atoms with Gasteiger partial charge in [0.05, 0.1) is 16.7 Å². The molecular weight excluding hydrogens is 389 g/mol. The Bertz CT molecular complexity index is 869. The zero-order valence-corrected chi connectivity index (χ0v) is 17.1. The summed E-state index contributed by atoms with van der Waals surface area (Å²) >= 11 is 7.26. The van der Waals surface area contributed by atoms with Crippen molar-refractivity contribution in [1.29, 1.82) is 0 Å². The van der Waals surface area contributed by atoms with Crippen molar-refractivity contribution in [3.8, 4) is 0 Å². The summed E-state index contributed by atoms with van der Waals surface area (Å²) in [5.41, 5.74) is 1.35. The number of ether oxygens (including phenoxy) is 1. The largest absolute Gasteiger partial charge is 0.459 e. The van der Waals surface area contributed by atoms with Gasteiger partial charge in [-0.15, -0.1) is 11.3 Å². The van der Waals surface area contributed by atoms with Gasteiger partial charge in [0, 0.05) is 16.5 Å². The molecule has 2 rings (SSSR count). The van der Waals surface area contributed by atoms with Crippen LogP contribution in [0.3, 0.4) is 0 Å². The lowest BCUT2D eigenvalue weighted by molar-refractivity contribution is -0.111. The minimum Gasteiger partial charge on any atom is -0.459 e. The Kier molecular flexibility index (Phi) is 7.16. The lowest BCUT2D eigenvalue weighted by Gasteiger charge is -2.10. The van der Waals surface area contributed by atoms with Gasteiger partial charge in [0.15, 0.2) is 0 Å². The van der Waals surface area contributed by atoms with E-state index in [4.69, 9.17) is 16.3 Å². The molecule has 1 aromatic heterocycles. The van der Waals surface area contributed by atoms with Crippen molar-refractivity contribution >= 4 is 45.9 Å². The third kappa shape index (κ3) is 5.17. The van der Waals surface area contributed by atoms with Crippen LogP contribution in [0.5, 0.6) is 0 Å². The molecule has 0 aliphatic rings. The Hall–Kier alpha value is -2.18. The van der Waals surface area contributed by atoms with E-state index < -0.39 is 17.7 Å². The summed E-state index contributed by atoms with van der Waals surface area (Å²) in [7, 11) is 0. The minimum atomic E-state index is -0.520. The summed E-state index contributed by atoms with van der Waals surface area (Å²) in [5.74, 6) is -1.48. The topological polar surface area (TPSA) is 55.4 Å². The molecule has 27 heavy (non-hydrogen) atoms. The SMILES string of the molecule is CCc1c(C)sc(NC(=O)C=Cc2c(F)cccc2Cl)c1C(=O)OC(C)C. The van der Waals surface area contributed by atoms with Gasteiger partial charge >= 0.3 is 5.97 Å². The van der Waals surface area contributed by atoms with Crippen LogP contribution in [0.15, 0.2) is 24.3 Å². The van der Waals surface area contributed by atoms with Gasteiger partial charge in [0.2, 0.25) is 5.91 Å². The van der Waals surface area contributed by atoms with Crippen LogP contribution >= 0.6 is 22.9 Å². The number of esters is 1. The van der Waals surface area contributed by atoms with E-state index in [9.17, 15) is 14.0 Å². The fourth-order valence-electron chi connectivity index (χ4n) is 2.56. The number of amides is 1. The number of hydrogen-bond donors (Lipinski definition) is 1. The molecule has 0 fully saturated rings. The van der Waals surface area contributed by atoms with Crippen molar-refractivity contribution in [3.63, 3.8) is 0 Å². The molecule has 1 amide bonds. The normalized spacial score (nSPS) is 11.2. The lowest BCUT2D eigenvalue weighted by atomic mass is 10.1. The molecule has 7 heteroatoms. The van der Waals surface area contributed by atoms with Crippen molar-refractivity contribution in [3.05, 3.63) is 56.7 Å². The highest BCUT2D eigenvalue weighted by Gasteiger charge is 2.24. The average molecular weight is 410 g/mol. The van der Waals surface area contributed by atoms with Gasteiger partial charge in [0.1, 0.15) is 10.8 Å². The molecule has 2 aromatic rings. The summed E-state index contributed by atoms with van der Waals surface area (Å²) < 4.78 is 19.1. The van der Waals surface area contributed by atoms with E-state index in [1.165, 1.54) is 35.6 Å². The van der Waals surface area contributed by atoms with Gasteiger partial charge in [-0.1, -0.05) is 24.6 Å². The van der Waals surface area contributed by atoms with E-state index in [-0.39, 0.29) is 16.7 Å². The van der Waals surface area contributed by atoms with Crippen LogP contribution in [0.1, 0.15) is 47.1 Å². The van der Waals surface area contributed by atoms with Gasteiger partial charge in [0.25, 0.3) is 0 Å². The van der Waals surface area contributed by atoms with Crippen LogP contribution < -0.4 is 5.32 Å². The molecule has 0 atom stereocenters. The molecule has 0 bridgehead atoms. The molecule has 0 aliphatic carbocycles. The molecule has 0 aliphatic heterocycles. The van der Waals surface area contributed by atoms with E-state index >= 15 is 0 Å². The molecule has 0 saturated heterocycles. The van der Waals surface area contributed by atoms with Crippen LogP contribution in [-0.2, 0) is 16.0 Å².